The predicted molar refractivity (Wildman–Crippen MR) is 75.6 cm³/mol. The lowest BCUT2D eigenvalue weighted by Gasteiger charge is -2.35. The lowest BCUT2D eigenvalue weighted by molar-refractivity contribution is -0.124. The molecular weight excluding hydrogens is 240 g/mol. The zero-order valence-electron chi connectivity index (χ0n) is 11.9. The van der Waals surface area contributed by atoms with Gasteiger partial charge in [0.15, 0.2) is 0 Å². The average Bonchev–Trinajstić information content (AvgIpc) is 3.18. The van der Waals surface area contributed by atoms with Crippen LogP contribution in [-0.2, 0) is 4.79 Å². The molecule has 0 aromatic heterocycles. The molecule has 2 saturated carbocycles. The number of hydrogen-bond donors (Lipinski definition) is 3. The average molecular weight is 268 g/mol. The van der Waals surface area contributed by atoms with E-state index in [1.165, 1.54) is 19.3 Å². The number of amides is 1. The molecule has 19 heavy (non-hydrogen) atoms. The number of hydrogen-bond acceptors (Lipinski definition) is 3. The maximum absolute atomic E-state index is 12.1. The molecule has 0 bridgehead atoms. The summed E-state index contributed by atoms with van der Waals surface area (Å²) in [4.78, 5) is 12.1. The summed E-state index contributed by atoms with van der Waals surface area (Å²) in [6.45, 7) is 1.58. The quantitative estimate of drug-likeness (QED) is 0.656. The Morgan fingerprint density at radius 1 is 1.11 bits per heavy atom. The molecule has 2 aliphatic rings. The third kappa shape index (κ3) is 3.93. The van der Waals surface area contributed by atoms with Gasteiger partial charge in [0.2, 0.25) is 5.91 Å². The van der Waals surface area contributed by atoms with E-state index in [4.69, 9.17) is 10.8 Å². The summed E-state index contributed by atoms with van der Waals surface area (Å²) in [7, 11) is 0. The largest absolute Gasteiger partial charge is 0.396 e. The highest BCUT2D eigenvalue weighted by atomic mass is 16.3. The van der Waals surface area contributed by atoms with E-state index in [2.05, 4.69) is 5.32 Å². The highest BCUT2D eigenvalue weighted by Gasteiger charge is 2.42. The van der Waals surface area contributed by atoms with E-state index in [0.29, 0.717) is 13.0 Å². The fourth-order valence-corrected chi connectivity index (χ4v) is 3.37. The summed E-state index contributed by atoms with van der Waals surface area (Å²) in [5, 5.41) is 12.1. The van der Waals surface area contributed by atoms with Crippen molar-refractivity contribution in [2.45, 2.75) is 57.8 Å². The molecular formula is C15H28N2O2. The summed E-state index contributed by atoms with van der Waals surface area (Å²) in [5.74, 6) is 0.150. The van der Waals surface area contributed by atoms with Gasteiger partial charge in [0.25, 0.3) is 0 Å². The molecule has 2 rings (SSSR count). The number of carbonyl (C=O) groups excluding carboxylic acids is 1. The third-order valence-electron chi connectivity index (χ3n) is 5.14. The van der Waals surface area contributed by atoms with Gasteiger partial charge in [-0.05, 0) is 49.5 Å². The van der Waals surface area contributed by atoms with Crippen molar-refractivity contribution in [3.05, 3.63) is 0 Å². The summed E-state index contributed by atoms with van der Waals surface area (Å²) in [6, 6.07) is 0. The Morgan fingerprint density at radius 2 is 1.79 bits per heavy atom. The van der Waals surface area contributed by atoms with Crippen molar-refractivity contribution in [2.75, 3.05) is 19.7 Å². The van der Waals surface area contributed by atoms with E-state index >= 15 is 0 Å². The second kappa shape index (κ2) is 6.23. The maximum Gasteiger partial charge on any atom is 0.220 e. The summed E-state index contributed by atoms with van der Waals surface area (Å²) in [5.41, 5.74) is 6.17. The lowest BCUT2D eigenvalue weighted by atomic mass is 9.71. The van der Waals surface area contributed by atoms with Crippen LogP contribution < -0.4 is 11.1 Å². The molecule has 0 spiro atoms. The smallest absolute Gasteiger partial charge is 0.220 e. The van der Waals surface area contributed by atoms with Gasteiger partial charge in [0.1, 0.15) is 0 Å². The molecule has 4 nitrogen and oxygen atoms in total. The molecule has 0 unspecified atom stereocenters. The number of rotatable bonds is 7. The zero-order valence-corrected chi connectivity index (χ0v) is 11.9. The Labute approximate surface area is 116 Å². The number of aliphatic hydroxyl groups excluding tert-OH is 1. The minimum atomic E-state index is 0.0516. The highest BCUT2D eigenvalue weighted by molar-refractivity contribution is 5.76. The molecule has 0 saturated heterocycles. The second-order valence-electron chi connectivity index (χ2n) is 6.69. The first-order valence-corrected chi connectivity index (χ1v) is 7.71. The number of nitrogens with two attached hydrogens (primary N) is 1. The minimum absolute atomic E-state index is 0.0516. The van der Waals surface area contributed by atoms with E-state index in [1.54, 1.807) is 0 Å². The molecule has 0 aromatic carbocycles. The van der Waals surface area contributed by atoms with E-state index < -0.39 is 0 Å². The van der Waals surface area contributed by atoms with Crippen LogP contribution in [0.15, 0.2) is 0 Å². The van der Waals surface area contributed by atoms with Crippen LogP contribution in [0.4, 0.5) is 0 Å². The van der Waals surface area contributed by atoms with Crippen molar-refractivity contribution < 1.29 is 9.90 Å². The zero-order chi connectivity index (χ0) is 13.8. The predicted octanol–water partition coefficient (Wildman–Crippen LogP) is 1.56. The molecule has 4 heteroatoms. The SMILES string of the molecule is NCC1(CC(=O)NCC2(CCO)CC2)CCCCC1. The normalized spacial score (nSPS) is 23.9. The van der Waals surface area contributed by atoms with Crippen molar-refractivity contribution >= 4 is 5.91 Å². The Bertz CT molecular complexity index is 307. The van der Waals surface area contributed by atoms with Crippen molar-refractivity contribution in [2.24, 2.45) is 16.6 Å². The van der Waals surface area contributed by atoms with Crippen LogP contribution in [-0.4, -0.2) is 30.7 Å². The van der Waals surface area contributed by atoms with Crippen molar-refractivity contribution in [1.82, 2.24) is 5.32 Å². The van der Waals surface area contributed by atoms with E-state index in [9.17, 15) is 4.79 Å². The van der Waals surface area contributed by atoms with Crippen molar-refractivity contribution in [1.29, 1.82) is 0 Å². The molecule has 4 N–H and O–H groups in total. The number of carbonyl (C=O) groups is 1. The summed E-state index contributed by atoms with van der Waals surface area (Å²) < 4.78 is 0. The second-order valence-corrected chi connectivity index (χ2v) is 6.69. The van der Waals surface area contributed by atoms with Crippen LogP contribution in [0.3, 0.4) is 0 Å². The van der Waals surface area contributed by atoms with Crippen LogP contribution in [0.2, 0.25) is 0 Å². The molecule has 110 valence electrons. The van der Waals surface area contributed by atoms with Crippen LogP contribution in [0.5, 0.6) is 0 Å². The monoisotopic (exact) mass is 268 g/mol. The minimum Gasteiger partial charge on any atom is -0.396 e. The first kappa shape index (κ1) is 14.8. The fraction of sp³-hybridized carbons (Fsp3) is 0.933. The van der Waals surface area contributed by atoms with Gasteiger partial charge in [-0.15, -0.1) is 0 Å². The third-order valence-corrected chi connectivity index (χ3v) is 5.14. The lowest BCUT2D eigenvalue weighted by Crippen LogP contribution is -2.40. The maximum atomic E-state index is 12.1. The van der Waals surface area contributed by atoms with Crippen LogP contribution >= 0.6 is 0 Å². The molecule has 2 fully saturated rings. The van der Waals surface area contributed by atoms with Crippen molar-refractivity contribution in [3.63, 3.8) is 0 Å². The molecule has 0 atom stereocenters. The fourth-order valence-electron chi connectivity index (χ4n) is 3.37. The van der Waals surface area contributed by atoms with Gasteiger partial charge in [-0.2, -0.15) is 0 Å². The molecule has 0 aliphatic heterocycles. The van der Waals surface area contributed by atoms with Gasteiger partial charge in [-0.1, -0.05) is 19.3 Å². The summed E-state index contributed by atoms with van der Waals surface area (Å²) >= 11 is 0. The van der Waals surface area contributed by atoms with Crippen molar-refractivity contribution in [3.8, 4) is 0 Å². The number of aliphatic hydroxyl groups is 1. The van der Waals surface area contributed by atoms with Gasteiger partial charge < -0.3 is 16.2 Å². The molecule has 2 aliphatic carbocycles. The van der Waals surface area contributed by atoms with Gasteiger partial charge in [-0.25, -0.2) is 0 Å². The first-order valence-electron chi connectivity index (χ1n) is 7.71. The van der Waals surface area contributed by atoms with Gasteiger partial charge in [0.05, 0.1) is 0 Å². The Balaban J connectivity index is 1.77. The topological polar surface area (TPSA) is 75.4 Å². The molecule has 0 radical (unpaired) electrons. The van der Waals surface area contributed by atoms with Crippen LogP contribution in [0.1, 0.15) is 57.8 Å². The molecule has 1 amide bonds. The van der Waals surface area contributed by atoms with Crippen LogP contribution in [0.25, 0.3) is 0 Å². The summed E-state index contributed by atoms with van der Waals surface area (Å²) in [6.07, 6.45) is 9.55. The highest BCUT2D eigenvalue weighted by Crippen LogP contribution is 2.48. The Morgan fingerprint density at radius 3 is 2.32 bits per heavy atom. The van der Waals surface area contributed by atoms with E-state index in [0.717, 1.165) is 38.6 Å². The Kier molecular flexibility index (Phi) is 4.85. The standard InChI is InChI=1S/C15H28N2O2/c16-11-15(4-2-1-3-5-15)10-13(19)17-12-14(6-7-14)8-9-18/h18H,1-12,16H2,(H,17,19). The first-order chi connectivity index (χ1) is 9.14. The van der Waals surface area contributed by atoms with Gasteiger partial charge in [0, 0.05) is 19.6 Å². The van der Waals surface area contributed by atoms with Crippen LogP contribution in [0, 0.1) is 10.8 Å². The van der Waals surface area contributed by atoms with Gasteiger partial charge in [-0.3, -0.25) is 4.79 Å². The molecule has 0 aromatic rings. The Hall–Kier alpha value is -0.610. The van der Waals surface area contributed by atoms with Gasteiger partial charge >= 0.3 is 0 Å². The number of nitrogens with one attached hydrogen (secondary N) is 1. The van der Waals surface area contributed by atoms with E-state index in [-0.39, 0.29) is 23.3 Å². The molecule has 0 heterocycles. The van der Waals surface area contributed by atoms with E-state index in [1.807, 2.05) is 0 Å².